The molecule has 1 saturated heterocycles. The van der Waals surface area contributed by atoms with Crippen LogP contribution < -0.4 is 10.2 Å². The maximum atomic E-state index is 13.5. The van der Waals surface area contributed by atoms with Gasteiger partial charge in [0.1, 0.15) is 22.3 Å². The molecule has 32 heavy (non-hydrogen) atoms. The van der Waals surface area contributed by atoms with Gasteiger partial charge in [0.2, 0.25) is 0 Å². The van der Waals surface area contributed by atoms with Crippen LogP contribution in [0.1, 0.15) is 30.5 Å². The Morgan fingerprint density at radius 2 is 1.66 bits per heavy atom. The van der Waals surface area contributed by atoms with Gasteiger partial charge < -0.3 is 10.2 Å². The zero-order chi connectivity index (χ0) is 22.2. The molecular weight excluding hydrogens is 419 g/mol. The Bertz CT molecular complexity index is 1240. The van der Waals surface area contributed by atoms with E-state index in [-0.39, 0.29) is 5.82 Å². The Morgan fingerprint density at radius 1 is 0.969 bits per heavy atom. The van der Waals surface area contributed by atoms with Crippen LogP contribution >= 0.6 is 11.3 Å². The van der Waals surface area contributed by atoms with Gasteiger partial charge >= 0.3 is 0 Å². The minimum atomic E-state index is -0.236. The van der Waals surface area contributed by atoms with Crippen LogP contribution in [-0.4, -0.2) is 23.1 Å². The molecule has 2 aromatic heterocycles. The summed E-state index contributed by atoms with van der Waals surface area (Å²) in [6, 6.07) is 15.2. The van der Waals surface area contributed by atoms with Crippen molar-refractivity contribution in [3.8, 4) is 11.1 Å². The molecule has 164 valence electrons. The van der Waals surface area contributed by atoms with E-state index in [1.165, 1.54) is 30.7 Å². The quantitative estimate of drug-likeness (QED) is 0.363. The summed E-state index contributed by atoms with van der Waals surface area (Å²) in [5.74, 6) is 2.10. The van der Waals surface area contributed by atoms with Crippen molar-refractivity contribution >= 4 is 38.7 Å². The van der Waals surface area contributed by atoms with E-state index in [1.54, 1.807) is 11.3 Å². The van der Waals surface area contributed by atoms with Gasteiger partial charge in [-0.3, -0.25) is 0 Å². The van der Waals surface area contributed by atoms with Crippen LogP contribution in [0.15, 0.2) is 48.5 Å². The first-order valence-corrected chi connectivity index (χ1v) is 12.0. The van der Waals surface area contributed by atoms with Gasteiger partial charge in [-0.2, -0.15) is 0 Å². The number of aromatic nitrogens is 2. The van der Waals surface area contributed by atoms with Crippen molar-refractivity contribution in [3.05, 3.63) is 65.0 Å². The zero-order valence-electron chi connectivity index (χ0n) is 18.7. The average Bonchev–Trinajstić information content (AvgIpc) is 3.11. The number of anilines is 3. The van der Waals surface area contributed by atoms with E-state index >= 15 is 0 Å². The lowest BCUT2D eigenvalue weighted by molar-refractivity contribution is 0.438. The minimum Gasteiger partial charge on any atom is -0.372 e. The topological polar surface area (TPSA) is 41.1 Å². The first kappa shape index (κ1) is 20.9. The van der Waals surface area contributed by atoms with Crippen molar-refractivity contribution in [3.63, 3.8) is 0 Å². The molecule has 1 aliphatic heterocycles. The van der Waals surface area contributed by atoms with Gasteiger partial charge in [-0.15, -0.1) is 11.3 Å². The predicted octanol–water partition coefficient (Wildman–Crippen LogP) is 7.09. The third-order valence-corrected chi connectivity index (χ3v) is 7.25. The van der Waals surface area contributed by atoms with Gasteiger partial charge in [-0.1, -0.05) is 19.1 Å². The maximum Gasteiger partial charge on any atom is 0.143 e. The Morgan fingerprint density at radius 3 is 2.34 bits per heavy atom. The van der Waals surface area contributed by atoms with E-state index in [4.69, 9.17) is 4.98 Å². The Kier molecular flexibility index (Phi) is 5.55. The van der Waals surface area contributed by atoms with Gasteiger partial charge in [0.05, 0.1) is 5.39 Å². The number of rotatable bonds is 4. The molecule has 2 aromatic carbocycles. The number of piperidine rings is 1. The number of halogens is 1. The summed E-state index contributed by atoms with van der Waals surface area (Å²) in [4.78, 5) is 14.0. The predicted molar refractivity (Wildman–Crippen MR) is 133 cm³/mol. The van der Waals surface area contributed by atoms with Gasteiger partial charge in [-0.25, -0.2) is 14.4 Å². The average molecular weight is 447 g/mol. The molecule has 0 aliphatic carbocycles. The Hall–Kier alpha value is -2.99. The number of nitrogens with one attached hydrogen (secondary N) is 1. The van der Waals surface area contributed by atoms with Crippen molar-refractivity contribution in [2.45, 2.75) is 33.6 Å². The molecule has 0 amide bonds. The number of hydrogen-bond donors (Lipinski definition) is 1. The van der Waals surface area contributed by atoms with Crippen molar-refractivity contribution in [2.24, 2.45) is 5.92 Å². The monoisotopic (exact) mass is 446 g/mol. The number of aryl methyl sites for hydroxylation is 2. The van der Waals surface area contributed by atoms with Crippen molar-refractivity contribution < 1.29 is 4.39 Å². The normalized spacial score (nSPS) is 14.8. The Balaban J connectivity index is 1.49. The van der Waals surface area contributed by atoms with Crippen molar-refractivity contribution in [1.82, 2.24) is 9.97 Å². The highest BCUT2D eigenvalue weighted by Crippen LogP contribution is 2.41. The molecule has 0 atom stereocenters. The molecule has 5 rings (SSSR count). The highest BCUT2D eigenvalue weighted by molar-refractivity contribution is 7.19. The van der Waals surface area contributed by atoms with E-state index < -0.39 is 0 Å². The smallest absolute Gasteiger partial charge is 0.143 e. The zero-order valence-corrected chi connectivity index (χ0v) is 19.5. The fourth-order valence-electron chi connectivity index (χ4n) is 4.43. The van der Waals surface area contributed by atoms with E-state index in [0.717, 1.165) is 62.6 Å². The molecule has 4 nitrogen and oxygen atoms in total. The maximum absolute atomic E-state index is 13.5. The summed E-state index contributed by atoms with van der Waals surface area (Å²) >= 11 is 1.65. The molecule has 0 unspecified atom stereocenters. The summed E-state index contributed by atoms with van der Waals surface area (Å²) in [5.41, 5.74) is 4.30. The minimum absolute atomic E-state index is 0.236. The van der Waals surface area contributed by atoms with Crippen molar-refractivity contribution in [1.29, 1.82) is 0 Å². The lowest BCUT2D eigenvalue weighted by Crippen LogP contribution is -2.32. The second-order valence-electron chi connectivity index (χ2n) is 8.68. The highest BCUT2D eigenvalue weighted by Gasteiger charge is 2.19. The number of hydrogen-bond acceptors (Lipinski definition) is 5. The SMILES string of the molecule is Cc1nc(Nc2ccc(N3CCC(C)CC3)cc2)c2c(-c3ccc(F)cc3)c(C)sc2n1. The van der Waals surface area contributed by atoms with Crippen LogP contribution in [-0.2, 0) is 0 Å². The van der Waals surface area contributed by atoms with E-state index in [9.17, 15) is 4.39 Å². The second-order valence-corrected chi connectivity index (χ2v) is 9.88. The number of thiophene rings is 1. The second kappa shape index (κ2) is 8.51. The van der Waals surface area contributed by atoms with Crippen LogP contribution in [0.3, 0.4) is 0 Å². The highest BCUT2D eigenvalue weighted by atomic mass is 32.1. The molecular formula is C26H27FN4S. The lowest BCUT2D eigenvalue weighted by Gasteiger charge is -2.32. The van der Waals surface area contributed by atoms with Crippen LogP contribution in [0.25, 0.3) is 21.3 Å². The molecule has 6 heteroatoms. The lowest BCUT2D eigenvalue weighted by atomic mass is 9.99. The van der Waals surface area contributed by atoms with Crippen molar-refractivity contribution in [2.75, 3.05) is 23.3 Å². The van der Waals surface area contributed by atoms with Crippen LogP contribution in [0.2, 0.25) is 0 Å². The molecule has 4 aromatic rings. The molecule has 0 saturated carbocycles. The number of benzene rings is 2. The standard InChI is InChI=1S/C26H27FN4S/c1-16-12-14-31(15-13-16)22-10-8-21(9-11-22)30-25-24-23(19-4-6-20(27)7-5-19)17(2)32-26(24)29-18(3)28-25/h4-11,16H,12-15H2,1-3H3,(H,28,29,30). The Labute approximate surface area is 192 Å². The van der Waals surface area contributed by atoms with Crippen LogP contribution in [0.5, 0.6) is 0 Å². The molecule has 1 aliphatic rings. The molecule has 0 bridgehead atoms. The first-order chi connectivity index (χ1) is 15.5. The third-order valence-electron chi connectivity index (χ3n) is 6.25. The fraction of sp³-hybridized carbons (Fsp3) is 0.308. The summed E-state index contributed by atoms with van der Waals surface area (Å²) in [5, 5.41) is 4.51. The van der Waals surface area contributed by atoms with Crippen LogP contribution in [0.4, 0.5) is 21.6 Å². The van der Waals surface area contributed by atoms with Gasteiger partial charge in [0, 0.05) is 34.9 Å². The molecule has 1 N–H and O–H groups in total. The largest absolute Gasteiger partial charge is 0.372 e. The summed E-state index contributed by atoms with van der Waals surface area (Å²) in [6.07, 6.45) is 2.50. The number of nitrogens with zero attached hydrogens (tertiary/aromatic N) is 3. The van der Waals surface area contributed by atoms with E-state index in [1.807, 2.05) is 19.1 Å². The van der Waals surface area contributed by atoms with Crippen LogP contribution in [0, 0.1) is 25.6 Å². The first-order valence-electron chi connectivity index (χ1n) is 11.1. The summed E-state index contributed by atoms with van der Waals surface area (Å²) in [6.45, 7) is 8.57. The van der Waals surface area contributed by atoms with E-state index in [2.05, 4.69) is 53.3 Å². The van der Waals surface area contributed by atoms with Gasteiger partial charge in [-0.05, 0) is 74.6 Å². The molecule has 0 radical (unpaired) electrons. The third kappa shape index (κ3) is 4.07. The summed E-state index contributed by atoms with van der Waals surface area (Å²) in [7, 11) is 0. The molecule has 0 spiro atoms. The van der Waals surface area contributed by atoms with Gasteiger partial charge in [0.25, 0.3) is 0 Å². The molecule has 3 heterocycles. The fourth-order valence-corrected chi connectivity index (χ4v) is 5.52. The van der Waals surface area contributed by atoms with Gasteiger partial charge in [0.15, 0.2) is 0 Å². The number of fused-ring (bicyclic) bond motifs is 1. The molecule has 1 fully saturated rings. The summed E-state index contributed by atoms with van der Waals surface area (Å²) < 4.78 is 13.5. The van der Waals surface area contributed by atoms with E-state index in [0.29, 0.717) is 0 Å².